The number of nitrogens with one attached hydrogen (secondary N) is 1. The van der Waals surface area contributed by atoms with Gasteiger partial charge in [-0.3, -0.25) is 4.90 Å². The summed E-state index contributed by atoms with van der Waals surface area (Å²) in [5.41, 5.74) is 0. The highest BCUT2D eigenvalue weighted by molar-refractivity contribution is 4.82. The topological polar surface area (TPSA) is 24.5 Å². The maximum Gasteiger partial charge on any atom is 0.0595 e. The van der Waals surface area contributed by atoms with Gasteiger partial charge in [-0.05, 0) is 25.3 Å². The van der Waals surface area contributed by atoms with Gasteiger partial charge < -0.3 is 10.1 Å². The van der Waals surface area contributed by atoms with Gasteiger partial charge in [0.05, 0.1) is 6.10 Å². The van der Waals surface area contributed by atoms with Gasteiger partial charge in [-0.1, -0.05) is 20.8 Å². The number of hydrogen-bond acceptors (Lipinski definition) is 3. The van der Waals surface area contributed by atoms with E-state index in [1.807, 2.05) is 7.11 Å². The van der Waals surface area contributed by atoms with E-state index in [-0.39, 0.29) is 0 Å². The van der Waals surface area contributed by atoms with Crippen LogP contribution >= 0.6 is 0 Å². The second-order valence-corrected chi connectivity index (χ2v) is 5.09. The minimum Gasteiger partial charge on any atom is -0.381 e. The predicted octanol–water partition coefficient (Wildman–Crippen LogP) is 1.73. The Morgan fingerprint density at radius 2 is 1.94 bits per heavy atom. The van der Waals surface area contributed by atoms with Crippen LogP contribution in [0.3, 0.4) is 0 Å². The highest BCUT2D eigenvalue weighted by Gasteiger charge is 2.26. The molecule has 1 N–H and O–H groups in total. The fraction of sp³-hybridized carbons (Fsp3) is 1.00. The molecular weight excluding hydrogens is 200 g/mol. The zero-order chi connectivity index (χ0) is 12.0. The molecule has 0 amide bonds. The van der Waals surface area contributed by atoms with Gasteiger partial charge in [0.2, 0.25) is 0 Å². The van der Waals surface area contributed by atoms with E-state index in [4.69, 9.17) is 4.74 Å². The summed E-state index contributed by atoms with van der Waals surface area (Å²) in [6.07, 6.45) is 2.86. The van der Waals surface area contributed by atoms with Crippen LogP contribution in [0, 0.1) is 5.92 Å². The Bertz CT molecular complexity index is 177. The zero-order valence-corrected chi connectivity index (χ0v) is 11.3. The van der Waals surface area contributed by atoms with Gasteiger partial charge >= 0.3 is 0 Å². The molecule has 1 unspecified atom stereocenters. The molecule has 96 valence electrons. The Morgan fingerprint density at radius 1 is 1.31 bits per heavy atom. The van der Waals surface area contributed by atoms with E-state index in [9.17, 15) is 0 Å². The number of likely N-dealkylation sites (tertiary alicyclic amines) is 1. The Labute approximate surface area is 101 Å². The molecule has 0 aromatic carbocycles. The van der Waals surface area contributed by atoms with Crippen molar-refractivity contribution in [1.82, 2.24) is 10.2 Å². The van der Waals surface area contributed by atoms with Crippen molar-refractivity contribution in [2.24, 2.45) is 5.92 Å². The molecule has 3 heteroatoms. The molecule has 0 aromatic rings. The van der Waals surface area contributed by atoms with Crippen LogP contribution in [0.1, 0.15) is 33.6 Å². The largest absolute Gasteiger partial charge is 0.381 e. The molecule has 3 nitrogen and oxygen atoms in total. The van der Waals surface area contributed by atoms with Gasteiger partial charge in [-0.25, -0.2) is 0 Å². The molecule has 1 aliphatic rings. The standard InChI is InChI=1S/C13H28N2O/c1-5-14-10-13(11(2)3)15-8-6-12(16-4)7-9-15/h11-14H,5-10H2,1-4H3. The highest BCUT2D eigenvalue weighted by atomic mass is 16.5. The fourth-order valence-electron chi connectivity index (χ4n) is 2.52. The third-order valence-corrected chi connectivity index (χ3v) is 3.65. The lowest BCUT2D eigenvalue weighted by Gasteiger charge is -2.39. The van der Waals surface area contributed by atoms with Gasteiger partial charge in [0.15, 0.2) is 0 Å². The molecule has 0 spiro atoms. The number of nitrogens with zero attached hydrogens (tertiary/aromatic N) is 1. The molecular formula is C13H28N2O. The van der Waals surface area contributed by atoms with E-state index in [0.717, 1.165) is 19.0 Å². The lowest BCUT2D eigenvalue weighted by molar-refractivity contribution is 0.0195. The molecule has 0 bridgehead atoms. The zero-order valence-electron chi connectivity index (χ0n) is 11.3. The molecule has 1 aliphatic heterocycles. The molecule has 0 aliphatic carbocycles. The first-order chi connectivity index (χ1) is 7.69. The molecule has 0 saturated carbocycles. The van der Waals surface area contributed by atoms with Crippen LogP contribution in [0.5, 0.6) is 0 Å². The predicted molar refractivity (Wildman–Crippen MR) is 68.8 cm³/mol. The average Bonchev–Trinajstić information content (AvgIpc) is 2.30. The van der Waals surface area contributed by atoms with E-state index in [2.05, 4.69) is 31.0 Å². The Hall–Kier alpha value is -0.120. The summed E-state index contributed by atoms with van der Waals surface area (Å²) in [6.45, 7) is 11.4. The van der Waals surface area contributed by atoms with Gasteiger partial charge in [-0.2, -0.15) is 0 Å². The first kappa shape index (κ1) is 13.9. The Kier molecular flexibility index (Phi) is 6.32. The van der Waals surface area contributed by atoms with Crippen LogP contribution in [0.4, 0.5) is 0 Å². The van der Waals surface area contributed by atoms with E-state index in [0.29, 0.717) is 12.1 Å². The lowest BCUT2D eigenvalue weighted by atomic mass is 9.98. The van der Waals surface area contributed by atoms with Crippen molar-refractivity contribution < 1.29 is 4.74 Å². The van der Waals surface area contributed by atoms with Crippen LogP contribution in [0.2, 0.25) is 0 Å². The molecule has 1 rings (SSSR count). The van der Waals surface area contributed by atoms with Crippen LogP contribution in [0.25, 0.3) is 0 Å². The maximum atomic E-state index is 5.42. The third kappa shape index (κ3) is 4.04. The quantitative estimate of drug-likeness (QED) is 0.749. The number of likely N-dealkylation sites (N-methyl/N-ethyl adjacent to an activating group) is 1. The van der Waals surface area contributed by atoms with Gasteiger partial charge in [-0.15, -0.1) is 0 Å². The number of ether oxygens (including phenoxy) is 1. The number of methoxy groups -OCH3 is 1. The van der Waals surface area contributed by atoms with E-state index in [1.165, 1.54) is 25.9 Å². The monoisotopic (exact) mass is 228 g/mol. The minimum atomic E-state index is 0.489. The fourth-order valence-corrected chi connectivity index (χ4v) is 2.52. The van der Waals surface area contributed by atoms with Crippen molar-refractivity contribution in [1.29, 1.82) is 0 Å². The summed E-state index contributed by atoms with van der Waals surface area (Å²) < 4.78 is 5.42. The molecule has 16 heavy (non-hydrogen) atoms. The van der Waals surface area contributed by atoms with Crippen molar-refractivity contribution in [2.45, 2.75) is 45.8 Å². The molecule has 1 heterocycles. The van der Waals surface area contributed by atoms with E-state index >= 15 is 0 Å². The van der Waals surface area contributed by atoms with Gasteiger partial charge in [0.25, 0.3) is 0 Å². The lowest BCUT2D eigenvalue weighted by Crippen LogP contribution is -2.49. The van der Waals surface area contributed by atoms with Gasteiger partial charge in [0, 0.05) is 32.8 Å². The number of piperidine rings is 1. The summed E-state index contributed by atoms with van der Waals surface area (Å²) in [4.78, 5) is 2.63. The van der Waals surface area contributed by atoms with Crippen molar-refractivity contribution in [3.8, 4) is 0 Å². The second-order valence-electron chi connectivity index (χ2n) is 5.09. The van der Waals surface area contributed by atoms with Crippen molar-refractivity contribution >= 4 is 0 Å². The van der Waals surface area contributed by atoms with Crippen molar-refractivity contribution in [2.75, 3.05) is 33.3 Å². The number of rotatable bonds is 6. The molecule has 1 saturated heterocycles. The first-order valence-corrected chi connectivity index (χ1v) is 6.66. The van der Waals surface area contributed by atoms with Crippen LogP contribution < -0.4 is 5.32 Å². The smallest absolute Gasteiger partial charge is 0.0595 e. The van der Waals surface area contributed by atoms with Crippen molar-refractivity contribution in [3.05, 3.63) is 0 Å². The van der Waals surface area contributed by atoms with Crippen LogP contribution in [-0.2, 0) is 4.74 Å². The Balaban J connectivity index is 2.40. The first-order valence-electron chi connectivity index (χ1n) is 6.66. The van der Waals surface area contributed by atoms with Crippen LogP contribution in [-0.4, -0.2) is 50.3 Å². The van der Waals surface area contributed by atoms with Crippen LogP contribution in [0.15, 0.2) is 0 Å². The summed E-state index contributed by atoms with van der Waals surface area (Å²) in [6, 6.07) is 0.678. The minimum absolute atomic E-state index is 0.489. The highest BCUT2D eigenvalue weighted by Crippen LogP contribution is 2.18. The maximum absolute atomic E-state index is 5.42. The third-order valence-electron chi connectivity index (χ3n) is 3.65. The summed E-state index contributed by atoms with van der Waals surface area (Å²) in [5, 5.41) is 3.48. The van der Waals surface area contributed by atoms with Gasteiger partial charge in [0.1, 0.15) is 0 Å². The summed E-state index contributed by atoms with van der Waals surface area (Å²) >= 11 is 0. The molecule has 0 aromatic heterocycles. The number of hydrogen-bond donors (Lipinski definition) is 1. The SMILES string of the molecule is CCNCC(C(C)C)N1CCC(OC)CC1. The molecule has 1 fully saturated rings. The summed E-state index contributed by atoms with van der Waals surface area (Å²) in [7, 11) is 1.83. The molecule has 0 radical (unpaired) electrons. The second kappa shape index (κ2) is 7.25. The van der Waals surface area contributed by atoms with E-state index < -0.39 is 0 Å². The summed E-state index contributed by atoms with van der Waals surface area (Å²) in [5.74, 6) is 0.721. The Morgan fingerprint density at radius 3 is 2.38 bits per heavy atom. The average molecular weight is 228 g/mol. The normalized spacial score (nSPS) is 21.6. The van der Waals surface area contributed by atoms with E-state index in [1.54, 1.807) is 0 Å². The molecule has 1 atom stereocenters. The van der Waals surface area contributed by atoms with Crippen molar-refractivity contribution in [3.63, 3.8) is 0 Å².